The van der Waals surface area contributed by atoms with Crippen LogP contribution >= 0.6 is 0 Å². The van der Waals surface area contributed by atoms with Crippen molar-refractivity contribution < 1.29 is 9.59 Å². The zero-order valence-corrected chi connectivity index (χ0v) is 13.8. The SMILES string of the molecule is CC(C)n1c(C(=O)NC2CC2)nc2c1CCN(C(=O)C1CC1)C2. The quantitative estimate of drug-likeness (QED) is 0.918. The van der Waals surface area contributed by atoms with E-state index in [0.717, 1.165) is 50.0 Å². The van der Waals surface area contributed by atoms with Gasteiger partial charge in [0.05, 0.1) is 12.2 Å². The van der Waals surface area contributed by atoms with Gasteiger partial charge in [0.25, 0.3) is 5.91 Å². The van der Waals surface area contributed by atoms with Crippen LogP contribution in [0.2, 0.25) is 0 Å². The van der Waals surface area contributed by atoms with Crippen molar-refractivity contribution in [3.05, 3.63) is 17.2 Å². The molecule has 1 aliphatic heterocycles. The Hall–Kier alpha value is -1.85. The molecule has 0 saturated heterocycles. The summed E-state index contributed by atoms with van der Waals surface area (Å²) in [5.74, 6) is 0.938. The number of carbonyl (C=O) groups excluding carboxylic acids is 2. The number of amides is 2. The minimum absolute atomic E-state index is 0.0735. The predicted octanol–water partition coefficient (Wildman–Crippen LogP) is 1.65. The molecule has 0 bridgehead atoms. The van der Waals surface area contributed by atoms with E-state index in [9.17, 15) is 9.59 Å². The molecule has 6 nitrogen and oxygen atoms in total. The summed E-state index contributed by atoms with van der Waals surface area (Å²) in [5, 5.41) is 3.03. The van der Waals surface area contributed by atoms with Gasteiger partial charge in [-0.05, 0) is 39.5 Å². The average molecular weight is 316 g/mol. The third kappa shape index (κ3) is 2.75. The largest absolute Gasteiger partial charge is 0.347 e. The Labute approximate surface area is 136 Å². The minimum Gasteiger partial charge on any atom is -0.347 e. The number of imidazole rings is 1. The fraction of sp³-hybridized carbons (Fsp3) is 0.706. The van der Waals surface area contributed by atoms with Gasteiger partial charge in [0, 0.05) is 36.7 Å². The fourth-order valence-corrected chi connectivity index (χ4v) is 3.38. The van der Waals surface area contributed by atoms with Gasteiger partial charge in [-0.25, -0.2) is 4.98 Å². The van der Waals surface area contributed by atoms with Crippen LogP contribution in [-0.4, -0.2) is 38.9 Å². The van der Waals surface area contributed by atoms with Gasteiger partial charge in [-0.1, -0.05) is 0 Å². The van der Waals surface area contributed by atoms with Gasteiger partial charge < -0.3 is 14.8 Å². The monoisotopic (exact) mass is 316 g/mol. The summed E-state index contributed by atoms with van der Waals surface area (Å²) < 4.78 is 2.06. The maximum absolute atomic E-state index is 12.5. The standard InChI is InChI=1S/C17H24N4O2/c1-10(2)21-14-7-8-20(17(23)11-3-4-11)9-13(14)19-15(21)16(22)18-12-5-6-12/h10-12H,3-9H2,1-2H3,(H,18,22). The Morgan fingerprint density at radius 2 is 1.96 bits per heavy atom. The molecule has 2 saturated carbocycles. The van der Waals surface area contributed by atoms with Crippen molar-refractivity contribution in [3.8, 4) is 0 Å². The average Bonchev–Trinajstić information content (AvgIpc) is 3.43. The van der Waals surface area contributed by atoms with Crippen LogP contribution in [-0.2, 0) is 17.8 Å². The second-order valence-electron chi connectivity index (χ2n) is 7.32. The van der Waals surface area contributed by atoms with Crippen LogP contribution in [0.4, 0.5) is 0 Å². The van der Waals surface area contributed by atoms with E-state index >= 15 is 0 Å². The number of fused-ring (bicyclic) bond motifs is 1. The first-order valence-corrected chi connectivity index (χ1v) is 8.74. The molecule has 2 heterocycles. The van der Waals surface area contributed by atoms with Crippen LogP contribution in [0, 0.1) is 5.92 Å². The molecule has 0 aromatic carbocycles. The minimum atomic E-state index is -0.0735. The summed E-state index contributed by atoms with van der Waals surface area (Å²) in [6, 6.07) is 0.515. The molecule has 0 atom stereocenters. The molecule has 1 N–H and O–H groups in total. The van der Waals surface area contributed by atoms with E-state index < -0.39 is 0 Å². The number of rotatable bonds is 4. The highest BCUT2D eigenvalue weighted by Gasteiger charge is 2.37. The highest BCUT2D eigenvalue weighted by molar-refractivity contribution is 5.91. The lowest BCUT2D eigenvalue weighted by Crippen LogP contribution is -2.37. The molecule has 23 heavy (non-hydrogen) atoms. The van der Waals surface area contributed by atoms with Crippen LogP contribution in [0.5, 0.6) is 0 Å². The van der Waals surface area contributed by atoms with Crippen LogP contribution in [0.25, 0.3) is 0 Å². The van der Waals surface area contributed by atoms with Crippen molar-refractivity contribution in [1.82, 2.24) is 19.8 Å². The van der Waals surface area contributed by atoms with E-state index in [1.807, 2.05) is 4.90 Å². The summed E-state index contributed by atoms with van der Waals surface area (Å²) in [5.41, 5.74) is 2.03. The second-order valence-corrected chi connectivity index (χ2v) is 7.32. The molecule has 0 unspecified atom stereocenters. The van der Waals surface area contributed by atoms with E-state index in [-0.39, 0.29) is 23.8 Å². The number of hydrogen-bond acceptors (Lipinski definition) is 3. The Balaban J connectivity index is 1.61. The Morgan fingerprint density at radius 1 is 1.22 bits per heavy atom. The molecule has 3 aliphatic rings. The molecule has 0 spiro atoms. The van der Waals surface area contributed by atoms with E-state index in [2.05, 4.69) is 28.7 Å². The maximum atomic E-state index is 12.5. The smallest absolute Gasteiger partial charge is 0.287 e. The van der Waals surface area contributed by atoms with Crippen LogP contribution < -0.4 is 5.32 Å². The number of aromatic nitrogens is 2. The summed E-state index contributed by atoms with van der Waals surface area (Å²) >= 11 is 0. The van der Waals surface area contributed by atoms with Gasteiger partial charge in [0.15, 0.2) is 5.82 Å². The number of hydrogen-bond donors (Lipinski definition) is 1. The molecule has 0 radical (unpaired) electrons. The lowest BCUT2D eigenvalue weighted by molar-refractivity contribution is -0.133. The molecular weight excluding hydrogens is 292 g/mol. The third-order valence-corrected chi connectivity index (χ3v) is 4.92. The van der Waals surface area contributed by atoms with Crippen molar-refractivity contribution >= 4 is 11.8 Å². The van der Waals surface area contributed by atoms with Crippen LogP contribution in [0.3, 0.4) is 0 Å². The lowest BCUT2D eigenvalue weighted by Gasteiger charge is -2.28. The summed E-state index contributed by atoms with van der Waals surface area (Å²) in [7, 11) is 0. The number of carbonyl (C=O) groups is 2. The van der Waals surface area contributed by atoms with Crippen molar-refractivity contribution in [2.75, 3.05) is 6.54 Å². The predicted molar refractivity (Wildman–Crippen MR) is 84.9 cm³/mol. The molecule has 124 valence electrons. The van der Waals surface area contributed by atoms with Gasteiger partial charge in [-0.3, -0.25) is 9.59 Å². The molecular formula is C17H24N4O2. The topological polar surface area (TPSA) is 67.2 Å². The Kier molecular flexibility index (Phi) is 3.43. The number of nitrogens with zero attached hydrogens (tertiary/aromatic N) is 3. The van der Waals surface area contributed by atoms with Gasteiger partial charge in [-0.15, -0.1) is 0 Å². The van der Waals surface area contributed by atoms with Crippen molar-refractivity contribution in [1.29, 1.82) is 0 Å². The van der Waals surface area contributed by atoms with Crippen molar-refractivity contribution in [2.24, 2.45) is 5.92 Å². The summed E-state index contributed by atoms with van der Waals surface area (Å²) in [6.07, 6.45) is 4.97. The maximum Gasteiger partial charge on any atom is 0.287 e. The molecule has 2 aliphatic carbocycles. The van der Waals surface area contributed by atoms with Crippen molar-refractivity contribution in [3.63, 3.8) is 0 Å². The van der Waals surface area contributed by atoms with Crippen LogP contribution in [0.1, 0.15) is 67.6 Å². The lowest BCUT2D eigenvalue weighted by atomic mass is 10.1. The van der Waals surface area contributed by atoms with Crippen LogP contribution in [0.15, 0.2) is 0 Å². The second kappa shape index (κ2) is 5.35. The number of nitrogens with one attached hydrogen (secondary N) is 1. The first-order chi connectivity index (χ1) is 11.0. The highest BCUT2D eigenvalue weighted by Crippen LogP contribution is 2.33. The van der Waals surface area contributed by atoms with Gasteiger partial charge in [0.2, 0.25) is 5.91 Å². The zero-order chi connectivity index (χ0) is 16.1. The summed E-state index contributed by atoms with van der Waals surface area (Å²) in [6.45, 7) is 5.45. The van der Waals surface area contributed by atoms with Gasteiger partial charge >= 0.3 is 0 Å². The Bertz CT molecular complexity index is 656. The van der Waals surface area contributed by atoms with E-state index in [1.165, 1.54) is 0 Å². The van der Waals surface area contributed by atoms with E-state index in [0.29, 0.717) is 18.4 Å². The van der Waals surface area contributed by atoms with Gasteiger partial charge in [-0.2, -0.15) is 0 Å². The molecule has 2 fully saturated rings. The molecule has 6 heteroatoms. The first kappa shape index (κ1) is 14.7. The van der Waals surface area contributed by atoms with Gasteiger partial charge in [0.1, 0.15) is 0 Å². The molecule has 2 amide bonds. The molecule has 4 rings (SSSR count). The normalized spacial score (nSPS) is 20.6. The third-order valence-electron chi connectivity index (χ3n) is 4.92. The first-order valence-electron chi connectivity index (χ1n) is 8.74. The molecule has 1 aromatic heterocycles. The zero-order valence-electron chi connectivity index (χ0n) is 13.8. The van der Waals surface area contributed by atoms with E-state index in [1.54, 1.807) is 0 Å². The molecule has 1 aromatic rings. The highest BCUT2D eigenvalue weighted by atomic mass is 16.2. The van der Waals surface area contributed by atoms with E-state index in [4.69, 9.17) is 0 Å². The summed E-state index contributed by atoms with van der Waals surface area (Å²) in [4.78, 5) is 31.3. The fourth-order valence-electron chi connectivity index (χ4n) is 3.38. The Morgan fingerprint density at radius 3 is 2.57 bits per heavy atom. The van der Waals surface area contributed by atoms with Crippen molar-refractivity contribution in [2.45, 2.75) is 64.6 Å².